The maximum atomic E-state index is 12.9. The van der Waals surface area contributed by atoms with Crippen LogP contribution in [0, 0.1) is 11.8 Å². The molecule has 0 aliphatic heterocycles. The van der Waals surface area contributed by atoms with Gasteiger partial charge < -0.3 is 5.32 Å². The van der Waals surface area contributed by atoms with Crippen LogP contribution >= 0.6 is 0 Å². The largest absolute Gasteiger partial charge is 0.393 e. The van der Waals surface area contributed by atoms with E-state index < -0.39 is 12.1 Å². The summed E-state index contributed by atoms with van der Waals surface area (Å²) in [4.78, 5) is 0. The Morgan fingerprint density at radius 3 is 2.30 bits per heavy atom. The van der Waals surface area contributed by atoms with Crippen molar-refractivity contribution in [1.82, 2.24) is 5.32 Å². The second-order valence-corrected chi connectivity index (χ2v) is 6.59. The summed E-state index contributed by atoms with van der Waals surface area (Å²) in [5.74, 6) is -0.375. The highest BCUT2D eigenvalue weighted by Gasteiger charge is 2.45. The van der Waals surface area contributed by atoms with Gasteiger partial charge in [0.05, 0.1) is 5.92 Å². The zero-order chi connectivity index (χ0) is 15.0. The minimum absolute atomic E-state index is 0.301. The summed E-state index contributed by atoms with van der Waals surface area (Å²) in [5.41, 5.74) is 0. The van der Waals surface area contributed by atoms with Crippen LogP contribution in [-0.4, -0.2) is 18.8 Å². The van der Waals surface area contributed by atoms with Gasteiger partial charge in [0.25, 0.3) is 0 Å². The first-order chi connectivity index (χ1) is 9.41. The van der Waals surface area contributed by atoms with Crippen LogP contribution < -0.4 is 5.32 Å². The van der Waals surface area contributed by atoms with Gasteiger partial charge in [0, 0.05) is 6.04 Å². The van der Waals surface area contributed by atoms with Gasteiger partial charge >= 0.3 is 6.18 Å². The third kappa shape index (κ3) is 6.96. The average molecular weight is 293 g/mol. The number of alkyl halides is 3. The predicted molar refractivity (Wildman–Crippen MR) is 77.7 cm³/mol. The fourth-order valence-corrected chi connectivity index (χ4v) is 3.09. The van der Waals surface area contributed by atoms with Gasteiger partial charge in [0.2, 0.25) is 0 Å². The number of rotatable bonds is 8. The van der Waals surface area contributed by atoms with Crippen LogP contribution in [-0.2, 0) is 0 Å². The van der Waals surface area contributed by atoms with Gasteiger partial charge in [-0.15, -0.1) is 0 Å². The lowest BCUT2D eigenvalue weighted by Crippen LogP contribution is -2.45. The summed E-state index contributed by atoms with van der Waals surface area (Å²) >= 11 is 0. The van der Waals surface area contributed by atoms with E-state index in [1.807, 2.05) is 0 Å². The van der Waals surface area contributed by atoms with Crippen molar-refractivity contribution in [3.05, 3.63) is 0 Å². The molecule has 0 amide bonds. The van der Waals surface area contributed by atoms with Crippen LogP contribution in [0.2, 0.25) is 0 Å². The van der Waals surface area contributed by atoms with E-state index in [4.69, 9.17) is 0 Å². The second kappa shape index (κ2) is 8.91. The normalized spacial score (nSPS) is 24.3. The molecule has 20 heavy (non-hydrogen) atoms. The lowest BCUT2D eigenvalue weighted by Gasteiger charge is -2.33. The first kappa shape index (κ1) is 17.8. The molecule has 1 saturated carbocycles. The molecule has 0 aromatic rings. The first-order valence-corrected chi connectivity index (χ1v) is 8.21. The molecule has 1 rings (SSSR count). The Bertz CT molecular complexity index is 251. The van der Waals surface area contributed by atoms with E-state index in [0.29, 0.717) is 12.8 Å². The molecule has 120 valence electrons. The number of unbranched alkanes of at least 4 members (excludes halogenated alkanes) is 3. The SMILES string of the molecule is CC(C)CCCCCCNC1CCCCC1C(F)(F)F. The van der Waals surface area contributed by atoms with Crippen molar-refractivity contribution in [3.8, 4) is 0 Å². The Balaban J connectivity index is 2.13. The van der Waals surface area contributed by atoms with Crippen molar-refractivity contribution in [1.29, 1.82) is 0 Å². The minimum Gasteiger partial charge on any atom is -0.313 e. The van der Waals surface area contributed by atoms with Crippen LogP contribution in [0.15, 0.2) is 0 Å². The molecule has 1 nitrogen and oxygen atoms in total. The number of nitrogens with one attached hydrogen (secondary N) is 1. The third-order valence-electron chi connectivity index (χ3n) is 4.30. The van der Waals surface area contributed by atoms with Gasteiger partial charge in [0.15, 0.2) is 0 Å². The second-order valence-electron chi connectivity index (χ2n) is 6.59. The lowest BCUT2D eigenvalue weighted by molar-refractivity contribution is -0.188. The first-order valence-electron chi connectivity index (χ1n) is 8.21. The van der Waals surface area contributed by atoms with E-state index in [2.05, 4.69) is 19.2 Å². The fraction of sp³-hybridized carbons (Fsp3) is 1.00. The molecule has 0 aromatic heterocycles. The van der Waals surface area contributed by atoms with E-state index in [-0.39, 0.29) is 6.04 Å². The molecule has 1 aliphatic carbocycles. The number of halogens is 3. The van der Waals surface area contributed by atoms with Gasteiger partial charge in [-0.25, -0.2) is 0 Å². The average Bonchev–Trinajstić information content (AvgIpc) is 2.36. The van der Waals surface area contributed by atoms with Gasteiger partial charge in [-0.05, 0) is 31.7 Å². The van der Waals surface area contributed by atoms with Crippen LogP contribution in [0.5, 0.6) is 0 Å². The topological polar surface area (TPSA) is 12.0 Å². The third-order valence-corrected chi connectivity index (χ3v) is 4.30. The molecule has 1 aliphatic rings. The lowest BCUT2D eigenvalue weighted by atomic mass is 9.84. The van der Waals surface area contributed by atoms with Gasteiger partial charge in [-0.1, -0.05) is 52.4 Å². The van der Waals surface area contributed by atoms with Crippen molar-refractivity contribution >= 4 is 0 Å². The Hall–Kier alpha value is -0.250. The maximum absolute atomic E-state index is 12.9. The summed E-state index contributed by atoms with van der Waals surface area (Å²) in [5, 5.41) is 3.16. The van der Waals surface area contributed by atoms with Crippen molar-refractivity contribution in [2.75, 3.05) is 6.54 Å². The molecule has 0 saturated heterocycles. The molecule has 0 heterocycles. The van der Waals surface area contributed by atoms with Gasteiger partial charge in [0.1, 0.15) is 0 Å². The molecule has 2 unspecified atom stereocenters. The molecular weight excluding hydrogens is 263 g/mol. The highest BCUT2D eigenvalue weighted by Crippen LogP contribution is 2.37. The van der Waals surface area contributed by atoms with Gasteiger partial charge in [-0.2, -0.15) is 13.2 Å². The zero-order valence-electron chi connectivity index (χ0n) is 12.9. The Morgan fingerprint density at radius 2 is 1.65 bits per heavy atom. The van der Waals surface area contributed by atoms with Crippen molar-refractivity contribution in [2.45, 2.75) is 83.9 Å². The molecular formula is C16H30F3N. The quantitative estimate of drug-likeness (QED) is 0.598. The van der Waals surface area contributed by atoms with E-state index in [1.54, 1.807) is 0 Å². The van der Waals surface area contributed by atoms with Gasteiger partial charge in [-0.3, -0.25) is 0 Å². The zero-order valence-corrected chi connectivity index (χ0v) is 12.9. The van der Waals surface area contributed by atoms with Crippen molar-refractivity contribution in [3.63, 3.8) is 0 Å². The van der Waals surface area contributed by atoms with E-state index in [1.165, 1.54) is 19.3 Å². The molecule has 2 atom stereocenters. The van der Waals surface area contributed by atoms with E-state index >= 15 is 0 Å². The monoisotopic (exact) mass is 293 g/mol. The molecule has 1 N–H and O–H groups in total. The number of hydrogen-bond acceptors (Lipinski definition) is 1. The summed E-state index contributed by atoms with van der Waals surface area (Å²) in [6, 6.07) is -0.348. The van der Waals surface area contributed by atoms with Crippen LogP contribution in [0.1, 0.15) is 71.6 Å². The smallest absolute Gasteiger partial charge is 0.313 e. The highest BCUT2D eigenvalue weighted by molar-refractivity contribution is 4.85. The maximum Gasteiger partial charge on any atom is 0.393 e. The summed E-state index contributed by atoms with van der Waals surface area (Å²) < 4.78 is 38.7. The summed E-state index contributed by atoms with van der Waals surface area (Å²) in [6.45, 7) is 5.18. The Kier molecular flexibility index (Phi) is 7.93. The molecule has 0 radical (unpaired) electrons. The van der Waals surface area contributed by atoms with Crippen LogP contribution in [0.3, 0.4) is 0 Å². The predicted octanol–water partition coefficient (Wildman–Crippen LogP) is 5.30. The fourth-order valence-electron chi connectivity index (χ4n) is 3.09. The van der Waals surface area contributed by atoms with E-state index in [9.17, 15) is 13.2 Å². The Labute approximate surface area is 121 Å². The van der Waals surface area contributed by atoms with Crippen molar-refractivity contribution < 1.29 is 13.2 Å². The molecule has 0 spiro atoms. The van der Waals surface area contributed by atoms with E-state index in [0.717, 1.165) is 38.1 Å². The molecule has 0 aromatic carbocycles. The molecule has 4 heteroatoms. The number of hydrogen-bond donors (Lipinski definition) is 1. The highest BCUT2D eigenvalue weighted by atomic mass is 19.4. The van der Waals surface area contributed by atoms with Crippen LogP contribution in [0.4, 0.5) is 13.2 Å². The summed E-state index contributed by atoms with van der Waals surface area (Å²) in [6.07, 6.45) is 4.42. The summed E-state index contributed by atoms with van der Waals surface area (Å²) in [7, 11) is 0. The Morgan fingerprint density at radius 1 is 1.00 bits per heavy atom. The van der Waals surface area contributed by atoms with Crippen molar-refractivity contribution in [2.24, 2.45) is 11.8 Å². The standard InChI is InChI=1S/C16H30F3N/c1-13(2)9-5-3-4-8-12-20-15-11-7-6-10-14(15)16(17,18)19/h13-15,20H,3-12H2,1-2H3. The van der Waals surface area contributed by atoms with Crippen LogP contribution in [0.25, 0.3) is 0 Å². The molecule has 1 fully saturated rings. The molecule has 0 bridgehead atoms. The minimum atomic E-state index is -4.03.